The van der Waals surface area contributed by atoms with Gasteiger partial charge in [0, 0.05) is 18.8 Å². The van der Waals surface area contributed by atoms with Crippen LogP contribution in [0.15, 0.2) is 12.1 Å². The first-order valence-corrected chi connectivity index (χ1v) is 6.87. The van der Waals surface area contributed by atoms with Gasteiger partial charge in [0.1, 0.15) is 5.75 Å². The molecule has 1 fully saturated rings. The Morgan fingerprint density at radius 2 is 2.00 bits per heavy atom. The van der Waals surface area contributed by atoms with Crippen molar-refractivity contribution in [2.24, 2.45) is 11.8 Å². The standard InChI is InChI=1S/C15H24N2O2/c1-10-4-5-13(15(18-3)11(10)2)14(17-16)12-6-8-19-9-7-12/h4-5,12,14,17H,6-9,16H2,1-3H3. The summed E-state index contributed by atoms with van der Waals surface area (Å²) in [5.74, 6) is 7.25. The lowest BCUT2D eigenvalue weighted by Crippen LogP contribution is -2.36. The van der Waals surface area contributed by atoms with Crippen LogP contribution >= 0.6 is 0 Å². The Morgan fingerprint density at radius 3 is 2.58 bits per heavy atom. The van der Waals surface area contributed by atoms with Gasteiger partial charge in [-0.25, -0.2) is 0 Å². The zero-order valence-corrected chi connectivity index (χ0v) is 12.0. The van der Waals surface area contributed by atoms with Crippen molar-refractivity contribution in [1.82, 2.24) is 5.43 Å². The van der Waals surface area contributed by atoms with E-state index in [9.17, 15) is 0 Å². The van der Waals surface area contributed by atoms with Gasteiger partial charge in [-0.1, -0.05) is 12.1 Å². The number of rotatable bonds is 4. The van der Waals surface area contributed by atoms with Crippen LogP contribution in [-0.4, -0.2) is 20.3 Å². The number of hydrazine groups is 1. The maximum absolute atomic E-state index is 5.80. The molecule has 1 unspecified atom stereocenters. The summed E-state index contributed by atoms with van der Waals surface area (Å²) in [6.07, 6.45) is 2.07. The molecule has 0 spiro atoms. The van der Waals surface area contributed by atoms with Gasteiger partial charge in [-0.3, -0.25) is 11.3 Å². The third-order valence-corrected chi connectivity index (χ3v) is 4.16. The first kappa shape index (κ1) is 14.3. The molecule has 4 nitrogen and oxygen atoms in total. The van der Waals surface area contributed by atoms with Gasteiger partial charge in [0.05, 0.1) is 13.2 Å². The summed E-state index contributed by atoms with van der Waals surface area (Å²) in [7, 11) is 1.73. The van der Waals surface area contributed by atoms with Crippen molar-refractivity contribution in [2.45, 2.75) is 32.7 Å². The smallest absolute Gasteiger partial charge is 0.126 e. The molecular weight excluding hydrogens is 240 g/mol. The molecule has 1 heterocycles. The van der Waals surface area contributed by atoms with E-state index in [1.54, 1.807) is 7.11 Å². The quantitative estimate of drug-likeness (QED) is 0.647. The third kappa shape index (κ3) is 2.91. The van der Waals surface area contributed by atoms with Crippen LogP contribution in [0.3, 0.4) is 0 Å². The van der Waals surface area contributed by atoms with Gasteiger partial charge in [0.2, 0.25) is 0 Å². The molecule has 0 radical (unpaired) electrons. The van der Waals surface area contributed by atoms with Crippen molar-refractivity contribution in [3.05, 3.63) is 28.8 Å². The molecule has 0 aliphatic carbocycles. The fourth-order valence-corrected chi connectivity index (χ4v) is 2.86. The molecule has 2 rings (SSSR count). The molecule has 0 amide bonds. The number of aryl methyl sites for hydroxylation is 1. The molecule has 0 aromatic heterocycles. The molecule has 0 bridgehead atoms. The average molecular weight is 264 g/mol. The highest BCUT2D eigenvalue weighted by molar-refractivity contribution is 5.47. The minimum Gasteiger partial charge on any atom is -0.496 e. The van der Waals surface area contributed by atoms with E-state index in [4.69, 9.17) is 15.3 Å². The number of benzene rings is 1. The van der Waals surface area contributed by atoms with E-state index in [0.717, 1.165) is 37.4 Å². The fraction of sp³-hybridized carbons (Fsp3) is 0.600. The van der Waals surface area contributed by atoms with Crippen molar-refractivity contribution in [1.29, 1.82) is 0 Å². The second kappa shape index (κ2) is 6.37. The molecule has 1 atom stereocenters. The van der Waals surface area contributed by atoms with Gasteiger partial charge in [0.25, 0.3) is 0 Å². The van der Waals surface area contributed by atoms with E-state index in [1.807, 2.05) is 0 Å². The molecule has 19 heavy (non-hydrogen) atoms. The first-order chi connectivity index (χ1) is 9.19. The topological polar surface area (TPSA) is 56.5 Å². The summed E-state index contributed by atoms with van der Waals surface area (Å²) in [5.41, 5.74) is 6.55. The Balaban J connectivity index is 2.34. The summed E-state index contributed by atoms with van der Waals surface area (Å²) in [6.45, 7) is 5.82. The zero-order chi connectivity index (χ0) is 13.8. The molecule has 1 aromatic carbocycles. The summed E-state index contributed by atoms with van der Waals surface area (Å²) < 4.78 is 11.0. The summed E-state index contributed by atoms with van der Waals surface area (Å²) in [6, 6.07) is 4.39. The molecule has 106 valence electrons. The highest BCUT2D eigenvalue weighted by Gasteiger charge is 2.27. The number of methoxy groups -OCH3 is 1. The van der Waals surface area contributed by atoms with Gasteiger partial charge in [-0.2, -0.15) is 0 Å². The largest absolute Gasteiger partial charge is 0.496 e. The van der Waals surface area contributed by atoms with E-state index in [2.05, 4.69) is 31.4 Å². The second-order valence-electron chi connectivity index (χ2n) is 5.22. The van der Waals surface area contributed by atoms with Crippen molar-refractivity contribution >= 4 is 0 Å². The number of nitrogens with one attached hydrogen (secondary N) is 1. The Bertz CT molecular complexity index is 428. The molecule has 1 saturated heterocycles. The molecule has 0 saturated carbocycles. The van der Waals surface area contributed by atoms with Gasteiger partial charge in [-0.05, 0) is 43.7 Å². The maximum Gasteiger partial charge on any atom is 0.126 e. The van der Waals surface area contributed by atoms with Gasteiger partial charge < -0.3 is 9.47 Å². The van der Waals surface area contributed by atoms with Crippen LogP contribution in [0.4, 0.5) is 0 Å². The molecule has 3 N–H and O–H groups in total. The second-order valence-corrected chi connectivity index (χ2v) is 5.22. The molecule has 4 heteroatoms. The Kier molecular flexibility index (Phi) is 4.80. The Labute approximate surface area is 115 Å². The van der Waals surface area contributed by atoms with Crippen LogP contribution in [0.25, 0.3) is 0 Å². The highest BCUT2D eigenvalue weighted by atomic mass is 16.5. The lowest BCUT2D eigenvalue weighted by molar-refractivity contribution is 0.0533. The van der Waals surface area contributed by atoms with Crippen molar-refractivity contribution < 1.29 is 9.47 Å². The Morgan fingerprint density at radius 1 is 1.32 bits per heavy atom. The van der Waals surface area contributed by atoms with Crippen molar-refractivity contribution in [2.75, 3.05) is 20.3 Å². The predicted molar refractivity (Wildman–Crippen MR) is 76.1 cm³/mol. The van der Waals surface area contributed by atoms with Gasteiger partial charge in [-0.15, -0.1) is 0 Å². The fourth-order valence-electron chi connectivity index (χ4n) is 2.86. The van der Waals surface area contributed by atoms with Crippen molar-refractivity contribution in [3.8, 4) is 5.75 Å². The summed E-state index contributed by atoms with van der Waals surface area (Å²) in [4.78, 5) is 0. The van der Waals surface area contributed by atoms with E-state index < -0.39 is 0 Å². The number of hydrogen-bond donors (Lipinski definition) is 2. The number of nitrogens with two attached hydrogens (primary N) is 1. The van der Waals surface area contributed by atoms with E-state index in [0.29, 0.717) is 5.92 Å². The lowest BCUT2D eigenvalue weighted by atomic mass is 9.86. The minimum atomic E-state index is 0.123. The van der Waals surface area contributed by atoms with E-state index in [1.165, 1.54) is 11.1 Å². The van der Waals surface area contributed by atoms with Crippen LogP contribution in [0.5, 0.6) is 5.75 Å². The Hall–Kier alpha value is -1.10. The highest BCUT2D eigenvalue weighted by Crippen LogP contribution is 2.37. The van der Waals surface area contributed by atoms with Gasteiger partial charge in [0.15, 0.2) is 0 Å². The van der Waals surface area contributed by atoms with Crippen LogP contribution in [0.2, 0.25) is 0 Å². The third-order valence-electron chi connectivity index (χ3n) is 4.16. The van der Waals surface area contributed by atoms with Gasteiger partial charge >= 0.3 is 0 Å². The van der Waals surface area contributed by atoms with Crippen LogP contribution in [-0.2, 0) is 4.74 Å². The van der Waals surface area contributed by atoms with Crippen LogP contribution in [0, 0.1) is 19.8 Å². The lowest BCUT2D eigenvalue weighted by Gasteiger charge is -2.31. The number of hydrogen-bond acceptors (Lipinski definition) is 4. The first-order valence-electron chi connectivity index (χ1n) is 6.87. The normalized spacial score (nSPS) is 18.3. The predicted octanol–water partition coefficient (Wildman–Crippen LogP) is 2.24. The van der Waals surface area contributed by atoms with Crippen LogP contribution < -0.4 is 16.0 Å². The molecule has 1 aromatic rings. The van der Waals surface area contributed by atoms with Crippen LogP contribution in [0.1, 0.15) is 35.6 Å². The molecule has 1 aliphatic heterocycles. The monoisotopic (exact) mass is 264 g/mol. The summed E-state index contributed by atoms with van der Waals surface area (Å²) in [5, 5.41) is 0. The zero-order valence-electron chi connectivity index (χ0n) is 12.0. The maximum atomic E-state index is 5.80. The summed E-state index contributed by atoms with van der Waals surface area (Å²) >= 11 is 0. The van der Waals surface area contributed by atoms with E-state index in [-0.39, 0.29) is 6.04 Å². The number of ether oxygens (including phenoxy) is 2. The molecule has 1 aliphatic rings. The average Bonchev–Trinajstić information content (AvgIpc) is 2.45. The minimum absolute atomic E-state index is 0.123. The van der Waals surface area contributed by atoms with Crippen molar-refractivity contribution in [3.63, 3.8) is 0 Å². The van der Waals surface area contributed by atoms with E-state index >= 15 is 0 Å². The SMILES string of the molecule is COc1c(C(NN)C2CCOCC2)ccc(C)c1C. The molecular formula is C15H24N2O2.